The number of carbonyl (C=O) groups is 10. The van der Waals surface area contributed by atoms with Gasteiger partial charge in [0.1, 0.15) is 18.1 Å². The van der Waals surface area contributed by atoms with Crippen LogP contribution in [0.5, 0.6) is 5.75 Å². The van der Waals surface area contributed by atoms with Crippen LogP contribution in [-0.4, -0.2) is 140 Å². The van der Waals surface area contributed by atoms with Crippen molar-refractivity contribution in [1.82, 2.24) is 20.9 Å². The molecule has 6 N–H and O–H groups in total. The largest absolute Gasteiger partial charge is 0.467 e. The number of esters is 4. The molecule has 2 aliphatic heterocycles. The topological polar surface area (TPSA) is 316 Å². The van der Waals surface area contributed by atoms with E-state index in [-0.39, 0.29) is 98.1 Å². The van der Waals surface area contributed by atoms with Crippen LogP contribution in [0.1, 0.15) is 121 Å². The van der Waals surface area contributed by atoms with Gasteiger partial charge in [-0.05, 0) is 94.1 Å². The zero-order valence-corrected chi connectivity index (χ0v) is 55.3. The number of alkyl halides is 1. The number of carbonyl (C=O) groups excluding carboxylic acids is 10. The van der Waals surface area contributed by atoms with Gasteiger partial charge in [0.2, 0.25) is 18.3 Å². The Labute approximate surface area is 564 Å². The molecular formula is C73H77ClN6O17. The minimum Gasteiger partial charge on any atom is -0.467 e. The predicted molar refractivity (Wildman–Crippen MR) is 358 cm³/mol. The lowest BCUT2D eigenvalue weighted by Crippen LogP contribution is -2.64. The van der Waals surface area contributed by atoms with Crippen molar-refractivity contribution >= 4 is 98.3 Å². The van der Waals surface area contributed by atoms with Crippen LogP contribution >= 0.6 is 11.6 Å². The number of amides is 5. The van der Waals surface area contributed by atoms with Gasteiger partial charge in [-0.2, -0.15) is 0 Å². The summed E-state index contributed by atoms with van der Waals surface area (Å²) in [6.45, 7) is 7.89. The molecular weight excluding hydrogens is 1270 g/mol. The summed E-state index contributed by atoms with van der Waals surface area (Å²) < 4.78 is 40.0. The van der Waals surface area contributed by atoms with E-state index in [2.05, 4.69) is 45.2 Å². The van der Waals surface area contributed by atoms with E-state index in [9.17, 15) is 47.9 Å². The van der Waals surface area contributed by atoms with Crippen LogP contribution in [0.15, 0.2) is 127 Å². The minimum absolute atomic E-state index is 0.000784. The van der Waals surface area contributed by atoms with Crippen LogP contribution < -0.4 is 31.3 Å². The standard InChI is InChI=1S/C73H77ClN6O17/c1-39(2)48(21-13-30-77-73(90)92-38-55-51-17-9-7-15-49(51)50-16-8-10-18-52(50)55)68(86)79-57(22-14-29-76-72(75)89)61(85)32-43-23-26-45(27-24-43)60(84)33-44-25-28-56-46(31-44)34-58(78-56)69(87)80-37-47(36-74)63-54-20-12-11-19-53(54)62(35-59(63)80)96-71-67(95-42(5)83)65(94-41(4)82)64(93-40(3)81)66(97-71)70(88)91-6/h7-12,15-20,23-28,31,34-35,39,47-48,55,57,64-67,71,78H,13-14,21-22,29-30,32-33,36-38H2,1-6H3,(H,77,90)(H,79,86)(H3,75,76,89)/t47-,48+,57+,64+,65+,66+,67-,71?/m1/s1. The molecule has 3 heterocycles. The highest BCUT2D eigenvalue weighted by atomic mass is 35.5. The Bertz CT molecular complexity index is 4110. The molecule has 0 radical (unpaired) electrons. The summed E-state index contributed by atoms with van der Waals surface area (Å²) in [5, 5.41) is 10.2. The summed E-state index contributed by atoms with van der Waals surface area (Å²) in [4.78, 5) is 137. The van der Waals surface area contributed by atoms with E-state index >= 15 is 0 Å². The average molecular weight is 1350 g/mol. The van der Waals surface area contributed by atoms with E-state index in [4.69, 9.17) is 50.5 Å². The fraction of sp³-hybridized carbons (Fsp3) is 0.370. The number of halogens is 1. The smallest absolute Gasteiger partial charge is 0.407 e. The van der Waals surface area contributed by atoms with Crippen molar-refractivity contribution in [2.24, 2.45) is 17.6 Å². The molecule has 6 aromatic carbocycles. The third-order valence-corrected chi connectivity index (χ3v) is 18.1. The Morgan fingerprint density at radius 3 is 1.97 bits per heavy atom. The molecule has 1 unspecified atom stereocenters. The Balaban J connectivity index is 0.779. The van der Waals surface area contributed by atoms with Crippen LogP contribution in [0.2, 0.25) is 0 Å². The first-order chi connectivity index (χ1) is 46.6. The second-order valence-electron chi connectivity index (χ2n) is 24.7. The summed E-state index contributed by atoms with van der Waals surface area (Å²) >= 11 is 6.65. The van der Waals surface area contributed by atoms with Gasteiger partial charge in [-0.25, -0.2) is 14.4 Å². The number of benzene rings is 6. The maximum absolute atomic E-state index is 14.8. The number of anilines is 1. The molecule has 97 heavy (non-hydrogen) atoms. The molecule has 1 aromatic heterocycles. The quantitative estimate of drug-likeness (QED) is 0.0105. The van der Waals surface area contributed by atoms with Crippen LogP contribution in [-0.2, 0) is 70.0 Å². The van der Waals surface area contributed by atoms with Crippen molar-refractivity contribution in [1.29, 1.82) is 0 Å². The number of alkyl carbamates (subject to hydrolysis) is 1. The Morgan fingerprint density at radius 2 is 1.32 bits per heavy atom. The normalized spacial score (nSPS) is 18.4. The number of methoxy groups -OCH3 is 1. The molecule has 1 saturated heterocycles. The zero-order valence-electron chi connectivity index (χ0n) is 54.5. The molecule has 10 rings (SSSR count). The van der Waals surface area contributed by atoms with E-state index < -0.39 is 84.6 Å². The molecule has 3 aliphatic rings. The molecule has 1 fully saturated rings. The number of ketones is 2. The molecule has 508 valence electrons. The summed E-state index contributed by atoms with van der Waals surface area (Å²) in [6.07, 6.45) is -7.40. The van der Waals surface area contributed by atoms with Crippen LogP contribution in [0, 0.1) is 11.8 Å². The first kappa shape index (κ1) is 69.7. The van der Waals surface area contributed by atoms with E-state index in [0.29, 0.717) is 63.3 Å². The van der Waals surface area contributed by atoms with Gasteiger partial charge in [0, 0.05) is 105 Å². The number of ether oxygens (including phenoxy) is 7. The first-order valence-corrected chi connectivity index (χ1v) is 32.7. The fourth-order valence-electron chi connectivity index (χ4n) is 13.1. The number of primary amides is 1. The van der Waals surface area contributed by atoms with Crippen LogP contribution in [0.25, 0.3) is 32.8 Å². The van der Waals surface area contributed by atoms with Gasteiger partial charge in [-0.3, -0.25) is 33.6 Å². The number of rotatable bonds is 27. The van der Waals surface area contributed by atoms with E-state index in [1.54, 1.807) is 71.6 Å². The van der Waals surface area contributed by atoms with E-state index in [1.165, 1.54) is 0 Å². The SMILES string of the molecule is COC(=O)[C@H]1OC(Oc2cc3c(c4ccccc24)[C@H](CCl)CN3C(=O)c2cc3cc(CC(=O)c4ccc(CC(=O)[C@H](CCCNC(N)=O)NC(=O)[C@@H](CCCNC(=O)OCC5c6ccccc6-c6ccccc65)C(C)C)cc4)ccc3[nH]2)[C@H](OC(C)=O)[C@@H](OC(C)=O)[C@@H]1OC(C)=O. The van der Waals surface area contributed by atoms with E-state index in [1.807, 2.05) is 50.2 Å². The number of hydrogen-bond acceptors (Lipinski definition) is 17. The number of aromatic nitrogens is 1. The van der Waals surface area contributed by atoms with Gasteiger partial charge in [0.25, 0.3) is 5.91 Å². The lowest BCUT2D eigenvalue weighted by atomic mass is 9.89. The number of hydrogen-bond donors (Lipinski definition) is 5. The minimum atomic E-state index is -1.72. The van der Waals surface area contributed by atoms with Gasteiger partial charge in [-0.1, -0.05) is 117 Å². The predicted octanol–water partition coefficient (Wildman–Crippen LogP) is 9.44. The maximum atomic E-state index is 14.8. The number of Topliss-reactive ketones (excluding diaryl/α,β-unsaturated/α-hetero) is 2. The Hall–Kier alpha value is -10.1. The summed E-state index contributed by atoms with van der Waals surface area (Å²) in [7, 11) is 1.08. The third kappa shape index (κ3) is 16.2. The number of nitrogens with zero attached hydrogens (tertiary/aromatic N) is 1. The number of urea groups is 1. The van der Waals surface area contributed by atoms with Crippen molar-refractivity contribution in [2.45, 2.75) is 122 Å². The highest BCUT2D eigenvalue weighted by Gasteiger charge is 2.56. The second-order valence-corrected chi connectivity index (χ2v) is 25.0. The summed E-state index contributed by atoms with van der Waals surface area (Å²) in [5.74, 6) is -5.60. The summed E-state index contributed by atoms with van der Waals surface area (Å²) in [6, 6.07) is 37.1. The molecule has 24 heteroatoms. The molecule has 7 aromatic rings. The Morgan fingerprint density at radius 1 is 0.701 bits per heavy atom. The van der Waals surface area contributed by atoms with E-state index in [0.717, 1.165) is 55.7 Å². The third-order valence-electron chi connectivity index (χ3n) is 17.7. The first-order valence-electron chi connectivity index (χ1n) is 32.1. The molecule has 0 bridgehead atoms. The average Bonchev–Trinajstić information content (AvgIpc) is 1.66. The van der Waals surface area contributed by atoms with Gasteiger partial charge >= 0.3 is 36.0 Å². The number of aromatic amines is 1. The molecule has 8 atom stereocenters. The number of fused-ring (bicyclic) bond motifs is 7. The van der Waals surface area contributed by atoms with Crippen molar-refractivity contribution in [3.8, 4) is 16.9 Å². The van der Waals surface area contributed by atoms with Crippen molar-refractivity contribution in [3.63, 3.8) is 0 Å². The van der Waals surface area contributed by atoms with Crippen molar-refractivity contribution < 1.29 is 81.1 Å². The van der Waals surface area contributed by atoms with Gasteiger partial charge in [0.05, 0.1) is 18.8 Å². The zero-order chi connectivity index (χ0) is 69.2. The molecule has 5 amide bonds. The Kier molecular flexibility index (Phi) is 22.4. The van der Waals surface area contributed by atoms with Gasteiger partial charge in [0.15, 0.2) is 29.9 Å². The monoisotopic (exact) mass is 1340 g/mol. The maximum Gasteiger partial charge on any atom is 0.407 e. The second kappa shape index (κ2) is 31.2. The fourth-order valence-corrected chi connectivity index (χ4v) is 13.4. The van der Waals surface area contributed by atoms with Gasteiger partial charge < -0.3 is 64.7 Å². The number of nitrogens with one attached hydrogen (secondary N) is 4. The van der Waals surface area contributed by atoms with Crippen molar-refractivity contribution in [2.75, 3.05) is 44.1 Å². The van der Waals surface area contributed by atoms with Gasteiger partial charge in [-0.15, -0.1) is 11.6 Å². The molecule has 1 aliphatic carbocycles. The summed E-state index contributed by atoms with van der Waals surface area (Å²) in [5.41, 5.74) is 13.4. The lowest BCUT2D eigenvalue weighted by molar-refractivity contribution is -0.282. The van der Waals surface area contributed by atoms with Crippen LogP contribution in [0.4, 0.5) is 15.3 Å². The number of H-pyrrole nitrogens is 1. The highest BCUT2D eigenvalue weighted by Crippen LogP contribution is 2.48. The number of nitrogens with two attached hydrogens (primary N) is 1. The molecule has 0 saturated carbocycles. The highest BCUT2D eigenvalue weighted by molar-refractivity contribution is 6.19. The molecule has 23 nitrogen and oxygen atoms in total. The van der Waals surface area contributed by atoms with Crippen LogP contribution in [0.3, 0.4) is 0 Å². The lowest BCUT2D eigenvalue weighted by Gasteiger charge is -2.43. The molecule has 0 spiro atoms. The van der Waals surface area contributed by atoms with Crippen molar-refractivity contribution in [3.05, 3.63) is 166 Å².